The lowest BCUT2D eigenvalue weighted by atomic mass is 10.0. The molecule has 0 aromatic heterocycles. The van der Waals surface area contributed by atoms with Gasteiger partial charge in [0.1, 0.15) is 11.9 Å². The number of nitrogens with zero attached hydrogens (tertiary/aromatic N) is 1. The second-order valence-electron chi connectivity index (χ2n) is 9.93. The maximum Gasteiger partial charge on any atom is 0.250 e. The Hall–Kier alpha value is -4.52. The maximum atomic E-state index is 14.9. The first-order valence-electron chi connectivity index (χ1n) is 12.9. The minimum absolute atomic E-state index is 0.00512. The van der Waals surface area contributed by atoms with Gasteiger partial charge >= 0.3 is 0 Å². The van der Waals surface area contributed by atoms with Gasteiger partial charge in [-0.25, -0.2) is 17.2 Å². The molecule has 0 radical (unpaired) electrons. The van der Waals surface area contributed by atoms with E-state index in [0.717, 1.165) is 18.4 Å². The maximum absolute atomic E-state index is 14.9. The molecule has 222 valence electrons. The quantitative estimate of drug-likeness (QED) is 0.337. The smallest absolute Gasteiger partial charge is 0.250 e. The lowest BCUT2D eigenvalue weighted by molar-refractivity contribution is -0.133. The zero-order valence-electron chi connectivity index (χ0n) is 23.1. The zero-order valence-corrected chi connectivity index (χ0v) is 23.9. The first kappa shape index (κ1) is 30.4. The van der Waals surface area contributed by atoms with Crippen molar-refractivity contribution in [2.24, 2.45) is 5.73 Å². The molecule has 1 aliphatic heterocycles. The predicted molar refractivity (Wildman–Crippen MR) is 152 cm³/mol. The van der Waals surface area contributed by atoms with Crippen molar-refractivity contribution in [2.45, 2.75) is 36.7 Å². The molecule has 2 atom stereocenters. The summed E-state index contributed by atoms with van der Waals surface area (Å²) in [5.41, 5.74) is 6.05. The van der Waals surface area contributed by atoms with Crippen molar-refractivity contribution in [3.8, 4) is 5.75 Å². The van der Waals surface area contributed by atoms with E-state index in [1.165, 1.54) is 61.4 Å². The van der Waals surface area contributed by atoms with E-state index < -0.39 is 45.4 Å². The topological polar surface area (TPSA) is 148 Å². The average molecular weight is 601 g/mol. The highest BCUT2D eigenvalue weighted by Crippen LogP contribution is 2.39. The van der Waals surface area contributed by atoms with E-state index in [2.05, 4.69) is 10.6 Å². The Kier molecular flexibility index (Phi) is 8.81. The van der Waals surface area contributed by atoms with Crippen molar-refractivity contribution in [3.05, 3.63) is 82.9 Å². The van der Waals surface area contributed by atoms with Crippen LogP contribution >= 0.6 is 0 Å². The van der Waals surface area contributed by atoms with E-state index in [-0.39, 0.29) is 39.9 Å². The van der Waals surface area contributed by atoms with Crippen molar-refractivity contribution in [3.63, 3.8) is 0 Å². The predicted octanol–water partition coefficient (Wildman–Crippen LogP) is 3.95. The molecule has 0 aliphatic carbocycles. The average Bonchev–Trinajstić information content (AvgIpc) is 3.41. The van der Waals surface area contributed by atoms with Crippen LogP contribution in [0.3, 0.4) is 0 Å². The highest BCUT2D eigenvalue weighted by molar-refractivity contribution is 7.90. The molecule has 4 N–H and O–H groups in total. The number of halogens is 2. The van der Waals surface area contributed by atoms with Gasteiger partial charge in [-0.1, -0.05) is 6.07 Å². The minimum Gasteiger partial charge on any atom is -0.494 e. The molecule has 10 nitrogen and oxygen atoms in total. The number of sulfone groups is 1. The van der Waals surface area contributed by atoms with Crippen molar-refractivity contribution in [2.75, 3.05) is 30.5 Å². The van der Waals surface area contributed by atoms with Crippen LogP contribution in [-0.2, 0) is 19.4 Å². The summed E-state index contributed by atoms with van der Waals surface area (Å²) in [5.74, 6) is -3.34. The summed E-state index contributed by atoms with van der Waals surface area (Å²) >= 11 is 0. The number of primary amides is 1. The van der Waals surface area contributed by atoms with Crippen LogP contribution in [0, 0.1) is 11.6 Å². The lowest BCUT2D eigenvalue weighted by Gasteiger charge is -2.31. The number of anilines is 2. The van der Waals surface area contributed by atoms with Crippen molar-refractivity contribution in [1.29, 1.82) is 0 Å². The molecule has 0 unspecified atom stereocenters. The summed E-state index contributed by atoms with van der Waals surface area (Å²) in [6.07, 6.45) is 1.98. The largest absolute Gasteiger partial charge is 0.494 e. The Morgan fingerprint density at radius 1 is 1.05 bits per heavy atom. The fraction of sp³-hybridized carbons (Fsp3) is 0.276. The molecule has 0 spiro atoms. The number of rotatable bonds is 9. The van der Waals surface area contributed by atoms with Gasteiger partial charge in [0, 0.05) is 31.0 Å². The minimum atomic E-state index is -3.74. The van der Waals surface area contributed by atoms with Gasteiger partial charge in [-0.2, -0.15) is 0 Å². The van der Waals surface area contributed by atoms with Crippen LogP contribution < -0.4 is 21.1 Å². The van der Waals surface area contributed by atoms with Gasteiger partial charge in [-0.05, 0) is 72.5 Å². The number of hydrogen-bond acceptors (Lipinski definition) is 7. The summed E-state index contributed by atoms with van der Waals surface area (Å²) in [6.45, 7) is 1.55. The van der Waals surface area contributed by atoms with Crippen molar-refractivity contribution >= 4 is 38.9 Å². The Bertz CT molecular complexity index is 1660. The van der Waals surface area contributed by atoms with Crippen LogP contribution in [0.2, 0.25) is 0 Å². The number of hydrogen-bond donors (Lipinski definition) is 3. The van der Waals surface area contributed by atoms with Gasteiger partial charge < -0.3 is 26.0 Å². The molecular formula is C29H30F2N4O6S. The molecule has 1 heterocycles. The van der Waals surface area contributed by atoms with Gasteiger partial charge in [-0.3, -0.25) is 14.4 Å². The number of carbonyl (C=O) groups is 3. The van der Waals surface area contributed by atoms with Crippen LogP contribution in [0.15, 0.2) is 59.5 Å². The number of methoxy groups -OCH3 is 1. The van der Waals surface area contributed by atoms with Gasteiger partial charge in [0.05, 0.1) is 23.7 Å². The summed E-state index contributed by atoms with van der Waals surface area (Å²) in [7, 11) is -2.48. The first-order chi connectivity index (χ1) is 19.8. The van der Waals surface area contributed by atoms with Crippen LogP contribution in [0.4, 0.5) is 20.2 Å². The number of carbonyl (C=O) groups excluding carboxylic acids is 3. The zero-order chi connectivity index (χ0) is 30.8. The molecule has 0 saturated carbocycles. The number of amides is 3. The summed E-state index contributed by atoms with van der Waals surface area (Å²) < 4.78 is 59.7. The van der Waals surface area contributed by atoms with Crippen LogP contribution in [0.5, 0.6) is 5.75 Å². The lowest BCUT2D eigenvalue weighted by Crippen LogP contribution is -2.38. The van der Waals surface area contributed by atoms with Crippen LogP contribution in [0.25, 0.3) is 0 Å². The number of nitrogens with two attached hydrogens (primary N) is 1. The van der Waals surface area contributed by atoms with E-state index in [4.69, 9.17) is 10.5 Å². The fourth-order valence-corrected chi connectivity index (χ4v) is 5.97. The van der Waals surface area contributed by atoms with Crippen LogP contribution in [-0.4, -0.2) is 50.9 Å². The number of benzene rings is 3. The van der Waals surface area contributed by atoms with E-state index in [1.54, 1.807) is 0 Å². The molecule has 3 aromatic rings. The number of likely N-dealkylation sites (tertiary alicyclic amines) is 1. The highest BCUT2D eigenvalue weighted by atomic mass is 32.2. The van der Waals surface area contributed by atoms with E-state index in [0.29, 0.717) is 24.1 Å². The van der Waals surface area contributed by atoms with Gasteiger partial charge in [0.25, 0.3) is 0 Å². The third kappa shape index (κ3) is 6.51. The molecule has 13 heteroatoms. The molecule has 1 saturated heterocycles. The number of nitrogens with one attached hydrogen (secondary N) is 2. The molecule has 0 bridgehead atoms. The summed E-state index contributed by atoms with van der Waals surface area (Å²) in [5, 5.41) is 5.47. The highest BCUT2D eigenvalue weighted by Gasteiger charge is 2.37. The molecule has 4 rings (SSSR count). The van der Waals surface area contributed by atoms with E-state index >= 15 is 0 Å². The van der Waals surface area contributed by atoms with E-state index in [1.807, 2.05) is 0 Å². The third-order valence-corrected chi connectivity index (χ3v) is 8.10. The monoisotopic (exact) mass is 600 g/mol. The Labute approximate surface area is 241 Å². The molecule has 3 aromatic carbocycles. The van der Waals surface area contributed by atoms with Gasteiger partial charge in [0.2, 0.25) is 17.7 Å². The molecule has 1 aliphatic rings. The third-order valence-electron chi connectivity index (χ3n) is 6.93. The Balaban J connectivity index is 1.82. The Morgan fingerprint density at radius 2 is 1.76 bits per heavy atom. The molecular weight excluding hydrogens is 570 g/mol. The van der Waals surface area contributed by atoms with Crippen molar-refractivity contribution in [1.82, 2.24) is 4.90 Å². The second kappa shape index (κ2) is 12.1. The standard InChI is InChI=1S/C29H30F2N4O6S/c1-16(36)33-19-8-11-26(42(3,39)40)20(15-19)24-5-4-12-35(24)29(38)27(17-6-10-22(31)25(14-17)41-2)34-23-13-18(28(32)37)7-9-21(23)30/h6-11,13-15,24,27,34H,4-5,12H2,1-3H3,(H2,32,37)(H,33,36)/t24-,27-/m1/s1. The van der Waals surface area contributed by atoms with Crippen LogP contribution in [0.1, 0.15) is 53.3 Å². The van der Waals surface area contributed by atoms with Gasteiger partial charge in [0.15, 0.2) is 21.4 Å². The normalized spacial score (nSPS) is 15.6. The molecule has 3 amide bonds. The number of ether oxygens (including phenoxy) is 1. The summed E-state index contributed by atoms with van der Waals surface area (Å²) in [6, 6.07) is 9.47. The molecule has 42 heavy (non-hydrogen) atoms. The Morgan fingerprint density at radius 3 is 2.40 bits per heavy atom. The summed E-state index contributed by atoms with van der Waals surface area (Å²) in [4.78, 5) is 39.2. The fourth-order valence-electron chi connectivity index (χ4n) is 5.04. The SMILES string of the molecule is COc1cc([C@@H](Nc2cc(C(N)=O)ccc2F)C(=O)N2CCC[C@@H]2c2cc(NC(C)=O)ccc2S(C)(=O)=O)ccc1F. The van der Waals surface area contributed by atoms with Crippen molar-refractivity contribution < 1.29 is 36.3 Å². The van der Waals surface area contributed by atoms with Gasteiger partial charge in [-0.15, -0.1) is 0 Å². The van der Waals surface area contributed by atoms with E-state index in [9.17, 15) is 31.6 Å². The second-order valence-corrected chi connectivity index (χ2v) is 11.9. The first-order valence-corrected chi connectivity index (χ1v) is 14.8. The molecule has 1 fully saturated rings.